The van der Waals surface area contributed by atoms with Crippen LogP contribution >= 0.6 is 0 Å². The highest BCUT2D eigenvalue weighted by atomic mass is 16.1. The first-order valence-electron chi connectivity index (χ1n) is 4.94. The summed E-state index contributed by atoms with van der Waals surface area (Å²) in [6.45, 7) is 5.91. The van der Waals surface area contributed by atoms with Crippen molar-refractivity contribution in [2.45, 2.75) is 27.2 Å². The van der Waals surface area contributed by atoms with Crippen molar-refractivity contribution in [2.24, 2.45) is 5.92 Å². The molecule has 1 amide bonds. The summed E-state index contributed by atoms with van der Waals surface area (Å²) in [7, 11) is 0. The molecule has 0 fully saturated rings. The summed E-state index contributed by atoms with van der Waals surface area (Å²) in [5.74, 6) is 0.642. The molecule has 0 saturated heterocycles. The second-order valence-electron chi connectivity index (χ2n) is 3.98. The largest absolute Gasteiger partial charge is 0.326 e. The highest BCUT2D eigenvalue weighted by Crippen LogP contribution is 2.12. The number of benzene rings is 1. The highest BCUT2D eigenvalue weighted by molar-refractivity contribution is 5.88. The Kier molecular flexibility index (Phi) is 3.69. The van der Waals surface area contributed by atoms with E-state index in [0.717, 1.165) is 12.1 Å². The summed E-state index contributed by atoms with van der Waals surface area (Å²) < 4.78 is 0. The molecule has 2 nitrogen and oxygen atoms in total. The molecule has 78 valence electrons. The minimum absolute atomic E-state index is 0. The Hall–Kier alpha value is -1.31. The molecule has 0 aliphatic heterocycles. The van der Waals surface area contributed by atoms with E-state index in [9.17, 15) is 4.79 Å². The minimum atomic E-state index is -0.0263. The summed E-state index contributed by atoms with van der Waals surface area (Å²) in [5.41, 5.74) is 2.18. The second-order valence-corrected chi connectivity index (χ2v) is 3.98. The molecule has 0 aromatic heterocycles. The average Bonchev–Trinajstić information content (AvgIpc) is 2.06. The van der Waals surface area contributed by atoms with Gasteiger partial charge in [0.05, 0.1) is 0 Å². The number of carbonyl (C=O) groups is 1. The number of amides is 1. The average molecular weight is 193 g/mol. The molecule has 0 aliphatic rings. The van der Waals surface area contributed by atoms with Gasteiger partial charge in [0.2, 0.25) is 5.91 Å². The van der Waals surface area contributed by atoms with E-state index in [1.165, 1.54) is 12.5 Å². The van der Waals surface area contributed by atoms with Crippen LogP contribution in [0.1, 0.15) is 27.8 Å². The number of carbonyl (C=O) groups excluding carboxylic acids is 1. The first-order valence-corrected chi connectivity index (χ1v) is 4.94. The second kappa shape index (κ2) is 4.80. The van der Waals surface area contributed by atoms with Crippen molar-refractivity contribution in [1.29, 1.82) is 0 Å². The summed E-state index contributed by atoms with van der Waals surface area (Å²) >= 11 is 0. The fraction of sp³-hybridized carbons (Fsp3) is 0.417. The molecule has 0 aliphatic carbocycles. The monoisotopic (exact) mass is 193 g/mol. The first kappa shape index (κ1) is 10.8. The van der Waals surface area contributed by atoms with E-state index >= 15 is 0 Å². The molecule has 1 aromatic rings. The zero-order valence-corrected chi connectivity index (χ0v) is 9.00. The van der Waals surface area contributed by atoms with Crippen molar-refractivity contribution in [3.8, 4) is 0 Å². The topological polar surface area (TPSA) is 29.1 Å². The Bertz CT molecular complexity index is 306. The third-order valence-electron chi connectivity index (χ3n) is 1.92. The van der Waals surface area contributed by atoms with Crippen LogP contribution in [0, 0.1) is 5.92 Å². The maximum absolute atomic E-state index is 10.8. The van der Waals surface area contributed by atoms with E-state index in [1.807, 2.05) is 12.1 Å². The molecular formula is C12H19NO. The van der Waals surface area contributed by atoms with Crippen LogP contribution in [0.15, 0.2) is 24.3 Å². The number of anilines is 1. The van der Waals surface area contributed by atoms with Gasteiger partial charge in [-0.25, -0.2) is 0 Å². The Balaban J connectivity index is 0.00000196. The van der Waals surface area contributed by atoms with Crippen molar-refractivity contribution in [2.75, 3.05) is 5.32 Å². The van der Waals surface area contributed by atoms with Crippen LogP contribution in [-0.4, -0.2) is 5.91 Å². The molecule has 0 radical (unpaired) electrons. The quantitative estimate of drug-likeness (QED) is 0.785. The van der Waals surface area contributed by atoms with Crippen LogP contribution in [0.25, 0.3) is 0 Å². The lowest BCUT2D eigenvalue weighted by molar-refractivity contribution is -0.114. The summed E-state index contributed by atoms with van der Waals surface area (Å²) in [5, 5.41) is 2.75. The SMILES string of the molecule is CC(=O)Nc1ccc(CC(C)C)cc1.[HH]. The molecule has 14 heavy (non-hydrogen) atoms. The van der Waals surface area contributed by atoms with Gasteiger partial charge in [-0.3, -0.25) is 4.79 Å². The Morgan fingerprint density at radius 3 is 2.36 bits per heavy atom. The van der Waals surface area contributed by atoms with Gasteiger partial charge in [0, 0.05) is 14.0 Å². The lowest BCUT2D eigenvalue weighted by atomic mass is 10.0. The van der Waals surface area contributed by atoms with Gasteiger partial charge in [-0.1, -0.05) is 26.0 Å². The Morgan fingerprint density at radius 2 is 1.93 bits per heavy atom. The van der Waals surface area contributed by atoms with Crippen LogP contribution in [0.3, 0.4) is 0 Å². The van der Waals surface area contributed by atoms with E-state index in [2.05, 4.69) is 31.3 Å². The molecule has 0 heterocycles. The zero-order chi connectivity index (χ0) is 10.6. The summed E-state index contributed by atoms with van der Waals surface area (Å²) in [6.07, 6.45) is 1.08. The van der Waals surface area contributed by atoms with Crippen molar-refractivity contribution in [3.63, 3.8) is 0 Å². The van der Waals surface area contributed by atoms with E-state index in [1.54, 1.807) is 0 Å². The van der Waals surface area contributed by atoms with Gasteiger partial charge in [-0.05, 0) is 30.0 Å². The number of nitrogens with one attached hydrogen (secondary N) is 1. The van der Waals surface area contributed by atoms with E-state index in [4.69, 9.17) is 0 Å². The van der Waals surface area contributed by atoms with Crippen LogP contribution in [0.2, 0.25) is 0 Å². The van der Waals surface area contributed by atoms with Gasteiger partial charge in [0.25, 0.3) is 0 Å². The van der Waals surface area contributed by atoms with Crippen molar-refractivity contribution in [3.05, 3.63) is 29.8 Å². The Morgan fingerprint density at radius 1 is 1.36 bits per heavy atom. The number of hydrogen-bond donors (Lipinski definition) is 1. The van der Waals surface area contributed by atoms with Crippen molar-refractivity contribution < 1.29 is 6.22 Å². The summed E-state index contributed by atoms with van der Waals surface area (Å²) in [4.78, 5) is 10.8. The van der Waals surface area contributed by atoms with E-state index in [-0.39, 0.29) is 7.33 Å². The van der Waals surface area contributed by atoms with E-state index < -0.39 is 0 Å². The summed E-state index contributed by atoms with van der Waals surface area (Å²) in [6, 6.07) is 8.01. The normalized spacial score (nSPS) is 10.3. The molecule has 0 spiro atoms. The predicted molar refractivity (Wildman–Crippen MR) is 61.4 cm³/mol. The van der Waals surface area contributed by atoms with Gasteiger partial charge < -0.3 is 5.32 Å². The third-order valence-corrected chi connectivity index (χ3v) is 1.92. The molecule has 0 bridgehead atoms. The van der Waals surface area contributed by atoms with Crippen LogP contribution in [-0.2, 0) is 11.2 Å². The van der Waals surface area contributed by atoms with E-state index in [0.29, 0.717) is 5.92 Å². The van der Waals surface area contributed by atoms with Crippen molar-refractivity contribution in [1.82, 2.24) is 0 Å². The van der Waals surface area contributed by atoms with Gasteiger partial charge in [-0.15, -0.1) is 0 Å². The van der Waals surface area contributed by atoms with Crippen LogP contribution < -0.4 is 5.32 Å². The fourth-order valence-corrected chi connectivity index (χ4v) is 1.40. The van der Waals surface area contributed by atoms with Gasteiger partial charge in [0.15, 0.2) is 0 Å². The Labute approximate surface area is 86.8 Å². The number of rotatable bonds is 3. The molecule has 0 saturated carbocycles. The van der Waals surface area contributed by atoms with Gasteiger partial charge in [-0.2, -0.15) is 0 Å². The molecule has 0 atom stereocenters. The van der Waals surface area contributed by atoms with Crippen LogP contribution in [0.4, 0.5) is 5.69 Å². The maximum Gasteiger partial charge on any atom is 0.221 e. The molecule has 1 N–H and O–H groups in total. The van der Waals surface area contributed by atoms with Crippen molar-refractivity contribution >= 4 is 11.6 Å². The molecule has 0 unspecified atom stereocenters. The fourth-order valence-electron chi connectivity index (χ4n) is 1.40. The number of hydrogen-bond acceptors (Lipinski definition) is 1. The molecule has 1 aromatic carbocycles. The maximum atomic E-state index is 10.8. The van der Waals surface area contributed by atoms with Crippen LogP contribution in [0.5, 0.6) is 0 Å². The standard InChI is InChI=1S/C12H17NO.H2/c1-9(2)8-11-4-6-12(7-5-11)13-10(3)14;/h4-7,9H,8H2,1-3H3,(H,13,14);1H. The lowest BCUT2D eigenvalue weighted by Gasteiger charge is -2.06. The van der Waals surface area contributed by atoms with Gasteiger partial charge >= 0.3 is 0 Å². The molecular weight excluding hydrogens is 174 g/mol. The lowest BCUT2D eigenvalue weighted by Crippen LogP contribution is -2.05. The molecule has 2 heteroatoms. The zero-order valence-electron chi connectivity index (χ0n) is 9.00. The minimum Gasteiger partial charge on any atom is -0.326 e. The predicted octanol–water partition coefficient (Wildman–Crippen LogP) is 3.09. The first-order chi connectivity index (χ1) is 6.58. The van der Waals surface area contributed by atoms with Gasteiger partial charge in [0.1, 0.15) is 0 Å². The smallest absolute Gasteiger partial charge is 0.221 e. The third kappa shape index (κ3) is 3.60. The highest BCUT2D eigenvalue weighted by Gasteiger charge is 1.98. The molecule has 1 rings (SSSR count).